The van der Waals surface area contributed by atoms with Crippen molar-refractivity contribution in [1.82, 2.24) is 0 Å². The van der Waals surface area contributed by atoms with Gasteiger partial charge in [-0.05, 0) is 19.1 Å². The molecule has 1 unspecified atom stereocenters. The molecule has 0 saturated carbocycles. The fraction of sp³-hybridized carbons (Fsp3) is 0.333. The Labute approximate surface area is 67.1 Å². The summed E-state index contributed by atoms with van der Waals surface area (Å²) < 4.78 is 0. The highest BCUT2D eigenvalue weighted by Gasteiger charge is 1.77. The Balaban J connectivity index is 3.66. The van der Waals surface area contributed by atoms with Crippen molar-refractivity contribution in [2.75, 3.05) is 0 Å². The Morgan fingerprint density at radius 2 is 2.36 bits per heavy atom. The van der Waals surface area contributed by atoms with Gasteiger partial charge in [-0.1, -0.05) is 12.2 Å². The van der Waals surface area contributed by atoms with Gasteiger partial charge in [0.15, 0.2) is 0 Å². The summed E-state index contributed by atoms with van der Waals surface area (Å²) in [4.78, 5) is 9.83. The van der Waals surface area contributed by atoms with Crippen molar-refractivity contribution < 1.29 is 4.79 Å². The molecule has 2 N–H and O–H groups in total. The van der Waals surface area contributed by atoms with Crippen LogP contribution in [0.25, 0.3) is 0 Å². The Kier molecular flexibility index (Phi) is 6.30. The molecule has 0 aliphatic rings. The van der Waals surface area contributed by atoms with E-state index < -0.39 is 0 Å². The van der Waals surface area contributed by atoms with Gasteiger partial charge in [0, 0.05) is 12.5 Å². The van der Waals surface area contributed by atoms with Gasteiger partial charge in [-0.15, -0.1) is 5.73 Å². The second-order valence-corrected chi connectivity index (χ2v) is 2.19. The number of nitrogens with two attached hydrogens (primary N) is 1. The molecule has 0 rings (SSSR count). The molecule has 0 spiro atoms. The number of carbonyl (C=O) groups excluding carboxylic acids is 1. The van der Waals surface area contributed by atoms with Crippen LogP contribution in [0.15, 0.2) is 30.0 Å². The zero-order chi connectivity index (χ0) is 8.53. The van der Waals surface area contributed by atoms with E-state index in [4.69, 9.17) is 5.73 Å². The molecule has 0 aliphatic carbocycles. The number of rotatable bonds is 4. The zero-order valence-corrected chi connectivity index (χ0v) is 6.66. The van der Waals surface area contributed by atoms with Gasteiger partial charge in [0.25, 0.3) is 0 Å². The van der Waals surface area contributed by atoms with Crippen LogP contribution in [-0.2, 0) is 4.79 Å². The largest absolute Gasteiger partial charge is 0.324 e. The second-order valence-electron chi connectivity index (χ2n) is 2.19. The molecule has 0 heterocycles. The molecule has 1 atom stereocenters. The van der Waals surface area contributed by atoms with Crippen LogP contribution < -0.4 is 5.73 Å². The molecule has 0 fully saturated rings. The summed E-state index contributed by atoms with van der Waals surface area (Å²) in [5, 5.41) is 0. The predicted octanol–water partition coefficient (Wildman–Crippen LogP) is 1.19. The standard InChI is InChI=1S/C9H13NO/c1-9(10)7-5-3-2-4-6-8-11/h2-4,7-9H,6,10H2,1H3. The van der Waals surface area contributed by atoms with Gasteiger partial charge in [-0.3, -0.25) is 0 Å². The van der Waals surface area contributed by atoms with Gasteiger partial charge in [0.1, 0.15) is 6.29 Å². The Hall–Kier alpha value is -1.11. The van der Waals surface area contributed by atoms with Gasteiger partial charge in [0.05, 0.1) is 0 Å². The van der Waals surface area contributed by atoms with E-state index in [0.29, 0.717) is 6.42 Å². The average molecular weight is 151 g/mol. The molecular formula is C9H13NO. The summed E-state index contributed by atoms with van der Waals surface area (Å²) in [7, 11) is 0. The van der Waals surface area contributed by atoms with Crippen LogP contribution in [0.2, 0.25) is 0 Å². The van der Waals surface area contributed by atoms with E-state index in [1.807, 2.05) is 6.92 Å². The lowest BCUT2D eigenvalue weighted by Crippen LogP contribution is -2.09. The third kappa shape index (κ3) is 8.89. The van der Waals surface area contributed by atoms with E-state index in [1.165, 1.54) is 0 Å². The van der Waals surface area contributed by atoms with Crippen molar-refractivity contribution in [3.05, 3.63) is 30.0 Å². The van der Waals surface area contributed by atoms with Crippen molar-refractivity contribution in [3.8, 4) is 0 Å². The summed E-state index contributed by atoms with van der Waals surface area (Å²) in [6.45, 7) is 1.87. The highest BCUT2D eigenvalue weighted by Crippen LogP contribution is 1.80. The number of carbonyl (C=O) groups is 1. The minimum Gasteiger partial charge on any atom is -0.324 e. The quantitative estimate of drug-likeness (QED) is 0.372. The molecule has 2 heteroatoms. The van der Waals surface area contributed by atoms with E-state index in [-0.39, 0.29) is 6.04 Å². The number of hydrogen-bond acceptors (Lipinski definition) is 2. The van der Waals surface area contributed by atoms with E-state index in [1.54, 1.807) is 24.3 Å². The summed E-state index contributed by atoms with van der Waals surface area (Å²) >= 11 is 0. The smallest absolute Gasteiger partial charge is 0.123 e. The van der Waals surface area contributed by atoms with Gasteiger partial charge < -0.3 is 10.5 Å². The molecule has 0 bridgehead atoms. The number of allylic oxidation sites excluding steroid dienone is 2. The summed E-state index contributed by atoms with van der Waals surface area (Å²) in [6.07, 6.45) is 8.32. The molecule has 60 valence electrons. The number of aldehydes is 1. The minimum absolute atomic E-state index is 0.0331. The summed E-state index contributed by atoms with van der Waals surface area (Å²) in [5.41, 5.74) is 8.28. The van der Waals surface area contributed by atoms with Crippen LogP contribution in [0.5, 0.6) is 0 Å². The highest BCUT2D eigenvalue weighted by molar-refractivity contribution is 5.51. The molecule has 0 radical (unpaired) electrons. The molecule has 0 amide bonds. The third-order valence-corrected chi connectivity index (χ3v) is 0.920. The van der Waals surface area contributed by atoms with Crippen LogP contribution in [-0.4, -0.2) is 12.3 Å². The maximum atomic E-state index is 9.83. The lowest BCUT2D eigenvalue weighted by molar-refractivity contribution is -0.107. The second kappa shape index (κ2) is 7.00. The normalized spacial score (nSPS) is 12.2. The predicted molar refractivity (Wildman–Crippen MR) is 46.1 cm³/mol. The summed E-state index contributed by atoms with van der Waals surface area (Å²) in [6, 6.07) is 0.0331. The first-order valence-corrected chi connectivity index (χ1v) is 3.54. The van der Waals surface area contributed by atoms with Crippen LogP contribution in [0.1, 0.15) is 13.3 Å². The van der Waals surface area contributed by atoms with Crippen molar-refractivity contribution in [1.29, 1.82) is 0 Å². The van der Waals surface area contributed by atoms with Gasteiger partial charge >= 0.3 is 0 Å². The first-order valence-electron chi connectivity index (χ1n) is 3.54. The van der Waals surface area contributed by atoms with E-state index in [2.05, 4.69) is 5.73 Å². The topological polar surface area (TPSA) is 43.1 Å². The molecule has 0 saturated heterocycles. The van der Waals surface area contributed by atoms with Gasteiger partial charge in [-0.25, -0.2) is 0 Å². The Morgan fingerprint density at radius 1 is 1.64 bits per heavy atom. The van der Waals surface area contributed by atoms with Crippen LogP contribution in [0, 0.1) is 0 Å². The molecule has 0 aromatic rings. The third-order valence-electron chi connectivity index (χ3n) is 0.920. The molecule has 11 heavy (non-hydrogen) atoms. The Bertz CT molecular complexity index is 186. The van der Waals surface area contributed by atoms with Crippen molar-refractivity contribution in [2.45, 2.75) is 19.4 Å². The minimum atomic E-state index is 0.0331. The first kappa shape index (κ1) is 9.89. The van der Waals surface area contributed by atoms with Crippen LogP contribution >= 0.6 is 0 Å². The lowest BCUT2D eigenvalue weighted by Gasteiger charge is -1.86. The molecule has 0 aromatic heterocycles. The van der Waals surface area contributed by atoms with Crippen molar-refractivity contribution in [2.24, 2.45) is 5.73 Å². The Morgan fingerprint density at radius 3 is 2.91 bits per heavy atom. The van der Waals surface area contributed by atoms with E-state index in [9.17, 15) is 4.79 Å². The highest BCUT2D eigenvalue weighted by atomic mass is 16.1. The van der Waals surface area contributed by atoms with Gasteiger partial charge in [0.2, 0.25) is 0 Å². The first-order chi connectivity index (χ1) is 5.27. The van der Waals surface area contributed by atoms with E-state index >= 15 is 0 Å². The van der Waals surface area contributed by atoms with Crippen molar-refractivity contribution in [3.63, 3.8) is 0 Å². The maximum Gasteiger partial charge on any atom is 0.123 e. The lowest BCUT2D eigenvalue weighted by atomic mass is 10.3. The fourth-order valence-electron chi connectivity index (χ4n) is 0.465. The molecule has 0 aromatic carbocycles. The average Bonchev–Trinajstić information content (AvgIpc) is 1.96. The maximum absolute atomic E-state index is 9.83. The van der Waals surface area contributed by atoms with Gasteiger partial charge in [-0.2, -0.15) is 0 Å². The SMILES string of the molecule is CC(N)C=C=CC=CCC=O. The number of hydrogen-bond donors (Lipinski definition) is 1. The van der Waals surface area contributed by atoms with Crippen molar-refractivity contribution >= 4 is 6.29 Å². The molecule has 0 aliphatic heterocycles. The van der Waals surface area contributed by atoms with Crippen LogP contribution in [0.4, 0.5) is 0 Å². The van der Waals surface area contributed by atoms with E-state index in [0.717, 1.165) is 6.29 Å². The zero-order valence-electron chi connectivity index (χ0n) is 6.66. The molecule has 2 nitrogen and oxygen atoms in total. The summed E-state index contributed by atoms with van der Waals surface area (Å²) in [5.74, 6) is 0. The molecular weight excluding hydrogens is 138 g/mol. The fourth-order valence-corrected chi connectivity index (χ4v) is 0.465. The monoisotopic (exact) mass is 151 g/mol. The van der Waals surface area contributed by atoms with Crippen LogP contribution in [0.3, 0.4) is 0 Å².